The van der Waals surface area contributed by atoms with Gasteiger partial charge >= 0.3 is 0 Å². The molecule has 31 heavy (non-hydrogen) atoms. The molecule has 7 heteroatoms. The zero-order chi connectivity index (χ0) is 23.1. The van der Waals surface area contributed by atoms with Crippen molar-refractivity contribution in [3.63, 3.8) is 0 Å². The largest absolute Gasteiger partial charge is 0.493 e. The highest BCUT2D eigenvalue weighted by Crippen LogP contribution is 2.38. The van der Waals surface area contributed by atoms with Crippen LogP contribution in [0.5, 0.6) is 17.2 Å². The fourth-order valence-electron chi connectivity index (χ4n) is 2.96. The van der Waals surface area contributed by atoms with E-state index in [-0.39, 0.29) is 6.42 Å². The minimum atomic E-state index is -0.697. The summed E-state index contributed by atoms with van der Waals surface area (Å²) in [6.45, 7) is 0. The van der Waals surface area contributed by atoms with Gasteiger partial charge in [0.25, 0.3) is 0 Å². The molecular weight excluding hydrogens is 398 g/mol. The number of primary amides is 1. The molecule has 1 rings (SSSR count). The maximum Gasteiger partial charge on any atom is 0.217 e. The summed E-state index contributed by atoms with van der Waals surface area (Å²) in [5.41, 5.74) is 6.13. The molecule has 0 aliphatic heterocycles. The molecule has 0 aromatic heterocycles. The topological polar surface area (TPSA) is 111 Å². The molecule has 172 valence electrons. The Morgan fingerprint density at radius 3 is 1.94 bits per heavy atom. The molecular formula is C24H35NO6. The summed E-state index contributed by atoms with van der Waals surface area (Å²) in [6, 6.07) is 3.89. The Morgan fingerprint density at radius 1 is 0.903 bits per heavy atom. The predicted octanol–water partition coefficient (Wildman–Crippen LogP) is 3.08. The Bertz CT molecular complexity index is 731. The van der Waals surface area contributed by atoms with Gasteiger partial charge in [-0.15, -0.1) is 0 Å². The van der Waals surface area contributed by atoms with Gasteiger partial charge in [-0.05, 0) is 43.4 Å². The lowest BCUT2D eigenvalue weighted by molar-refractivity contribution is -0.118. The number of methoxy groups -OCH3 is 3. The van der Waals surface area contributed by atoms with E-state index in [9.17, 15) is 15.0 Å². The number of carbonyl (C=O) groups is 1. The van der Waals surface area contributed by atoms with Gasteiger partial charge in [0, 0.05) is 6.42 Å². The van der Waals surface area contributed by atoms with Crippen molar-refractivity contribution in [1.82, 2.24) is 0 Å². The number of allylic oxidation sites excluding steroid dienone is 4. The number of amides is 1. The number of ether oxygens (including phenoxy) is 3. The van der Waals surface area contributed by atoms with Gasteiger partial charge in [0.05, 0.1) is 33.5 Å². The monoisotopic (exact) mass is 433 g/mol. The Labute approximate surface area is 184 Å². The van der Waals surface area contributed by atoms with Gasteiger partial charge in [-0.1, -0.05) is 42.9 Å². The molecule has 0 saturated heterocycles. The molecule has 0 bridgehead atoms. The summed E-state index contributed by atoms with van der Waals surface area (Å²) in [7, 11) is 4.77. The summed E-state index contributed by atoms with van der Waals surface area (Å²) in [5, 5.41) is 19.7. The molecule has 4 N–H and O–H groups in total. The normalized spacial score (nSPS) is 13.7. The highest BCUT2D eigenvalue weighted by Gasteiger charge is 2.13. The van der Waals surface area contributed by atoms with Crippen molar-refractivity contribution in [2.75, 3.05) is 21.3 Å². The summed E-state index contributed by atoms with van der Waals surface area (Å²) in [5.74, 6) is 1.43. The van der Waals surface area contributed by atoms with E-state index in [4.69, 9.17) is 19.9 Å². The van der Waals surface area contributed by atoms with Crippen LogP contribution >= 0.6 is 0 Å². The Kier molecular flexibility index (Phi) is 12.8. The first-order chi connectivity index (χ1) is 14.9. The molecule has 0 aliphatic carbocycles. The van der Waals surface area contributed by atoms with Crippen molar-refractivity contribution < 1.29 is 29.2 Å². The number of nitrogens with two attached hydrogens (primary N) is 1. The van der Waals surface area contributed by atoms with E-state index in [0.29, 0.717) is 30.1 Å². The zero-order valence-corrected chi connectivity index (χ0v) is 18.6. The molecule has 1 aromatic rings. The lowest BCUT2D eigenvalue weighted by atomic mass is 10.0. The molecule has 0 radical (unpaired) electrons. The van der Waals surface area contributed by atoms with Crippen LogP contribution in [0, 0.1) is 0 Å². The highest BCUT2D eigenvalue weighted by molar-refractivity contribution is 5.73. The second-order valence-electron chi connectivity index (χ2n) is 7.07. The van der Waals surface area contributed by atoms with Crippen LogP contribution in [0.25, 0.3) is 0 Å². The van der Waals surface area contributed by atoms with Crippen LogP contribution in [0.3, 0.4) is 0 Å². The van der Waals surface area contributed by atoms with Crippen molar-refractivity contribution in [3.05, 3.63) is 54.2 Å². The van der Waals surface area contributed by atoms with E-state index in [1.807, 2.05) is 12.1 Å². The van der Waals surface area contributed by atoms with Crippen LogP contribution in [0.1, 0.15) is 37.7 Å². The maximum atomic E-state index is 10.7. The molecule has 0 aliphatic rings. The Balaban J connectivity index is 2.36. The second-order valence-corrected chi connectivity index (χ2v) is 7.07. The average molecular weight is 434 g/mol. The standard InChI is InChI=1S/C24H35NO6/c1-29-21-16-18(17-22(30-2)24(21)31-3)10-8-9-13-19(26)11-6-4-5-7-12-20(27)14-15-23(25)28/h4-7,11-12,16-17,19-20,26-27H,8-10,13-15H2,1-3H3,(H2,25,28)/b5-4+,11-6+,12-7+. The number of carbonyl (C=O) groups excluding carboxylic acids is 1. The molecule has 0 fully saturated rings. The van der Waals surface area contributed by atoms with Crippen LogP contribution in [0.4, 0.5) is 0 Å². The summed E-state index contributed by atoms with van der Waals surface area (Å²) in [6.07, 6.45) is 12.9. The maximum absolute atomic E-state index is 10.7. The minimum Gasteiger partial charge on any atom is -0.493 e. The number of benzene rings is 1. The number of aryl methyl sites for hydroxylation is 1. The van der Waals surface area contributed by atoms with E-state index >= 15 is 0 Å². The molecule has 7 nitrogen and oxygen atoms in total. The van der Waals surface area contributed by atoms with Crippen LogP contribution in [-0.4, -0.2) is 49.7 Å². The molecule has 2 unspecified atom stereocenters. The summed E-state index contributed by atoms with van der Waals surface area (Å²) in [4.78, 5) is 10.7. The van der Waals surface area contributed by atoms with E-state index in [1.165, 1.54) is 0 Å². The third-order valence-corrected chi connectivity index (χ3v) is 4.63. The van der Waals surface area contributed by atoms with Gasteiger partial charge in [0.1, 0.15) is 0 Å². The first-order valence-electron chi connectivity index (χ1n) is 10.4. The van der Waals surface area contributed by atoms with E-state index < -0.39 is 18.1 Å². The first kappa shape index (κ1) is 26.3. The van der Waals surface area contributed by atoms with Gasteiger partial charge in [0.2, 0.25) is 11.7 Å². The Morgan fingerprint density at radius 2 is 1.45 bits per heavy atom. The van der Waals surface area contributed by atoms with Crippen LogP contribution in [-0.2, 0) is 11.2 Å². The van der Waals surface area contributed by atoms with Crippen molar-refractivity contribution in [2.24, 2.45) is 5.73 Å². The van der Waals surface area contributed by atoms with Gasteiger partial charge < -0.3 is 30.2 Å². The number of aliphatic hydroxyl groups is 2. The average Bonchev–Trinajstić information content (AvgIpc) is 2.76. The number of aliphatic hydroxyl groups excluding tert-OH is 2. The number of rotatable bonds is 15. The van der Waals surface area contributed by atoms with Crippen molar-refractivity contribution in [3.8, 4) is 17.2 Å². The molecule has 0 spiro atoms. The van der Waals surface area contributed by atoms with E-state index in [1.54, 1.807) is 57.8 Å². The minimum absolute atomic E-state index is 0.154. The second kappa shape index (κ2) is 15.1. The lowest BCUT2D eigenvalue weighted by Crippen LogP contribution is -2.13. The Hall–Kier alpha value is -2.77. The van der Waals surface area contributed by atoms with Crippen LogP contribution in [0.2, 0.25) is 0 Å². The van der Waals surface area contributed by atoms with Crippen molar-refractivity contribution in [1.29, 1.82) is 0 Å². The fraction of sp³-hybridized carbons (Fsp3) is 0.458. The lowest BCUT2D eigenvalue weighted by Gasteiger charge is -2.14. The van der Waals surface area contributed by atoms with E-state index in [0.717, 1.165) is 24.8 Å². The van der Waals surface area contributed by atoms with Gasteiger partial charge in [0.15, 0.2) is 11.5 Å². The molecule has 1 amide bonds. The zero-order valence-electron chi connectivity index (χ0n) is 18.6. The molecule has 1 aromatic carbocycles. The SMILES string of the molecule is COc1cc(CCCCC(O)/C=C/C=C/C=C/C(O)CCC(N)=O)cc(OC)c1OC. The van der Waals surface area contributed by atoms with Crippen LogP contribution in [0.15, 0.2) is 48.6 Å². The third kappa shape index (κ3) is 10.7. The van der Waals surface area contributed by atoms with E-state index in [2.05, 4.69) is 0 Å². The van der Waals surface area contributed by atoms with Crippen molar-refractivity contribution >= 4 is 5.91 Å². The predicted molar refractivity (Wildman–Crippen MR) is 122 cm³/mol. The smallest absolute Gasteiger partial charge is 0.217 e. The summed E-state index contributed by atoms with van der Waals surface area (Å²) < 4.78 is 16.1. The number of hydrogen-bond donors (Lipinski definition) is 3. The molecule has 0 heterocycles. The van der Waals surface area contributed by atoms with Crippen molar-refractivity contribution in [2.45, 2.75) is 50.7 Å². The van der Waals surface area contributed by atoms with Gasteiger partial charge in [-0.3, -0.25) is 4.79 Å². The van der Waals surface area contributed by atoms with Crippen LogP contribution < -0.4 is 19.9 Å². The summed E-state index contributed by atoms with van der Waals surface area (Å²) >= 11 is 0. The third-order valence-electron chi connectivity index (χ3n) is 4.63. The fourth-order valence-corrected chi connectivity index (χ4v) is 2.96. The first-order valence-corrected chi connectivity index (χ1v) is 10.4. The highest BCUT2D eigenvalue weighted by atomic mass is 16.5. The van der Waals surface area contributed by atoms with Gasteiger partial charge in [-0.2, -0.15) is 0 Å². The quantitative estimate of drug-likeness (QED) is 0.290. The van der Waals surface area contributed by atoms with Gasteiger partial charge in [-0.25, -0.2) is 0 Å². The number of unbranched alkanes of at least 4 members (excludes halogenated alkanes) is 1. The number of hydrogen-bond acceptors (Lipinski definition) is 6. The molecule has 2 atom stereocenters. The molecule has 0 saturated carbocycles.